The number of benzene rings is 2. The van der Waals surface area contributed by atoms with E-state index >= 15 is 0 Å². The summed E-state index contributed by atoms with van der Waals surface area (Å²) in [5.41, 5.74) is 0.842. The lowest BCUT2D eigenvalue weighted by atomic mass is 10.1. The molecule has 2 aromatic heterocycles. The molecule has 0 radical (unpaired) electrons. The molecule has 4 aromatic rings. The van der Waals surface area contributed by atoms with Crippen LogP contribution in [-0.4, -0.2) is 25.6 Å². The number of furan rings is 1. The summed E-state index contributed by atoms with van der Waals surface area (Å²) in [5, 5.41) is 3.43. The number of carbonyl (C=O) groups is 1. The molecular formula is C22H18N2O5S. The van der Waals surface area contributed by atoms with E-state index in [9.17, 15) is 13.2 Å². The number of sulfone groups is 1. The maximum Gasteiger partial charge on any atom is 0.257 e. The molecule has 0 aliphatic heterocycles. The predicted molar refractivity (Wildman–Crippen MR) is 113 cm³/mol. The van der Waals surface area contributed by atoms with Crippen LogP contribution in [0.4, 0.5) is 5.82 Å². The highest BCUT2D eigenvalue weighted by Gasteiger charge is 2.16. The van der Waals surface area contributed by atoms with Gasteiger partial charge in [-0.15, -0.1) is 0 Å². The molecule has 0 aliphatic carbocycles. The van der Waals surface area contributed by atoms with Gasteiger partial charge in [0.25, 0.3) is 5.91 Å². The third-order valence-electron chi connectivity index (χ3n) is 4.37. The Bertz CT molecular complexity index is 1330. The van der Waals surface area contributed by atoms with Crippen LogP contribution in [-0.2, 0) is 9.84 Å². The molecule has 2 heterocycles. The standard InChI is InChI=1S/C22H18N2O5S/c1-14-11-18-19(28-14)12-15(22(25)24-21-5-3-4-10-23-21)13-20(18)29-16-6-8-17(9-7-16)30(2,26)27/h3-13H,1-2H3,(H,23,24,25). The van der Waals surface area contributed by atoms with Crippen LogP contribution in [0.25, 0.3) is 11.0 Å². The number of aromatic nitrogens is 1. The van der Waals surface area contributed by atoms with Crippen LogP contribution >= 0.6 is 0 Å². The molecule has 1 N–H and O–H groups in total. The van der Waals surface area contributed by atoms with Crippen molar-refractivity contribution in [3.05, 3.63) is 78.2 Å². The summed E-state index contributed by atoms with van der Waals surface area (Å²) in [7, 11) is -3.30. The maximum atomic E-state index is 12.7. The zero-order valence-electron chi connectivity index (χ0n) is 16.2. The van der Waals surface area contributed by atoms with Crippen LogP contribution in [0.3, 0.4) is 0 Å². The first kappa shape index (κ1) is 19.7. The monoisotopic (exact) mass is 422 g/mol. The fourth-order valence-electron chi connectivity index (χ4n) is 2.96. The maximum absolute atomic E-state index is 12.7. The summed E-state index contributed by atoms with van der Waals surface area (Å²) >= 11 is 0. The fraction of sp³-hybridized carbons (Fsp3) is 0.0909. The van der Waals surface area contributed by atoms with Gasteiger partial charge in [0.15, 0.2) is 9.84 Å². The molecule has 152 valence electrons. The van der Waals surface area contributed by atoms with Gasteiger partial charge in [0.1, 0.15) is 28.7 Å². The van der Waals surface area contributed by atoms with Crippen molar-refractivity contribution in [1.29, 1.82) is 0 Å². The van der Waals surface area contributed by atoms with Gasteiger partial charge in [-0.25, -0.2) is 13.4 Å². The van der Waals surface area contributed by atoms with Crippen molar-refractivity contribution in [2.75, 3.05) is 11.6 Å². The molecule has 30 heavy (non-hydrogen) atoms. The Labute approximate surface area is 173 Å². The van der Waals surface area contributed by atoms with Gasteiger partial charge in [-0.3, -0.25) is 4.79 Å². The van der Waals surface area contributed by atoms with E-state index < -0.39 is 9.84 Å². The van der Waals surface area contributed by atoms with Crippen LogP contribution in [0.15, 0.2) is 76.2 Å². The first-order valence-electron chi connectivity index (χ1n) is 9.04. The summed E-state index contributed by atoms with van der Waals surface area (Å²) < 4.78 is 35.0. The molecule has 0 spiro atoms. The largest absolute Gasteiger partial charge is 0.461 e. The lowest BCUT2D eigenvalue weighted by molar-refractivity contribution is 0.102. The molecule has 0 saturated heterocycles. The van der Waals surface area contributed by atoms with Gasteiger partial charge in [-0.05, 0) is 61.5 Å². The molecule has 8 heteroatoms. The van der Waals surface area contributed by atoms with Gasteiger partial charge in [0.05, 0.1) is 10.3 Å². The molecule has 0 bridgehead atoms. The summed E-state index contributed by atoms with van der Waals surface area (Å²) in [5.74, 6) is 1.59. The number of nitrogens with one attached hydrogen (secondary N) is 1. The van der Waals surface area contributed by atoms with Crippen LogP contribution in [0.5, 0.6) is 11.5 Å². The number of ether oxygens (including phenoxy) is 1. The second-order valence-corrected chi connectivity index (χ2v) is 8.77. The fourth-order valence-corrected chi connectivity index (χ4v) is 3.59. The van der Waals surface area contributed by atoms with Gasteiger partial charge in [0, 0.05) is 18.0 Å². The molecule has 0 fully saturated rings. The van der Waals surface area contributed by atoms with E-state index in [2.05, 4.69) is 10.3 Å². The molecule has 2 aromatic carbocycles. The van der Waals surface area contributed by atoms with Crippen molar-refractivity contribution < 1.29 is 22.4 Å². The van der Waals surface area contributed by atoms with E-state index in [4.69, 9.17) is 9.15 Å². The molecule has 7 nitrogen and oxygen atoms in total. The van der Waals surface area contributed by atoms with Crippen molar-refractivity contribution in [2.24, 2.45) is 0 Å². The van der Waals surface area contributed by atoms with Crippen molar-refractivity contribution in [2.45, 2.75) is 11.8 Å². The molecule has 0 atom stereocenters. The van der Waals surface area contributed by atoms with Gasteiger partial charge < -0.3 is 14.5 Å². The Kier molecular flexibility index (Phi) is 5.01. The Balaban J connectivity index is 1.69. The summed E-state index contributed by atoms with van der Waals surface area (Å²) in [6.07, 6.45) is 2.73. The Morgan fingerprint density at radius 2 is 1.83 bits per heavy atom. The zero-order valence-corrected chi connectivity index (χ0v) is 17.1. The second kappa shape index (κ2) is 7.64. The molecular weight excluding hydrogens is 404 g/mol. The van der Waals surface area contributed by atoms with Crippen LogP contribution in [0.1, 0.15) is 16.1 Å². The highest BCUT2D eigenvalue weighted by Crippen LogP contribution is 2.34. The first-order chi connectivity index (χ1) is 14.3. The average Bonchev–Trinajstić information content (AvgIpc) is 3.09. The van der Waals surface area contributed by atoms with Crippen molar-refractivity contribution in [1.82, 2.24) is 4.98 Å². The van der Waals surface area contributed by atoms with E-state index in [1.54, 1.807) is 55.6 Å². The summed E-state index contributed by atoms with van der Waals surface area (Å²) in [6.45, 7) is 1.80. The normalized spacial score (nSPS) is 11.4. The minimum Gasteiger partial charge on any atom is -0.461 e. The minimum atomic E-state index is -3.30. The van der Waals surface area contributed by atoms with Crippen molar-refractivity contribution in [3.8, 4) is 11.5 Å². The topological polar surface area (TPSA) is 98.5 Å². The van der Waals surface area contributed by atoms with E-state index in [-0.39, 0.29) is 10.8 Å². The molecule has 4 rings (SSSR count). The number of amides is 1. The number of rotatable bonds is 5. The molecule has 0 saturated carbocycles. The van der Waals surface area contributed by atoms with Crippen molar-refractivity contribution >= 4 is 32.5 Å². The SMILES string of the molecule is Cc1cc2c(Oc3ccc(S(C)(=O)=O)cc3)cc(C(=O)Nc3ccccn3)cc2o1. The number of hydrogen-bond donors (Lipinski definition) is 1. The zero-order chi connectivity index (χ0) is 21.3. The van der Waals surface area contributed by atoms with E-state index in [0.29, 0.717) is 39.6 Å². The van der Waals surface area contributed by atoms with Gasteiger partial charge in [0.2, 0.25) is 0 Å². The number of carbonyl (C=O) groups excluding carboxylic acids is 1. The Morgan fingerprint density at radius 3 is 2.50 bits per heavy atom. The highest BCUT2D eigenvalue weighted by molar-refractivity contribution is 7.90. The number of pyridine rings is 1. The van der Waals surface area contributed by atoms with Gasteiger partial charge in [-0.1, -0.05) is 6.07 Å². The third kappa shape index (κ3) is 4.18. The molecule has 1 amide bonds. The third-order valence-corrected chi connectivity index (χ3v) is 5.50. The minimum absolute atomic E-state index is 0.197. The number of aryl methyl sites for hydroxylation is 1. The smallest absolute Gasteiger partial charge is 0.257 e. The lowest BCUT2D eigenvalue weighted by Crippen LogP contribution is -2.12. The van der Waals surface area contributed by atoms with E-state index in [1.165, 1.54) is 12.1 Å². The second-order valence-electron chi connectivity index (χ2n) is 6.76. The average molecular weight is 422 g/mol. The number of nitrogens with zero attached hydrogens (tertiary/aromatic N) is 1. The highest BCUT2D eigenvalue weighted by atomic mass is 32.2. The van der Waals surface area contributed by atoms with Gasteiger partial charge >= 0.3 is 0 Å². The van der Waals surface area contributed by atoms with E-state index in [1.807, 2.05) is 6.07 Å². The van der Waals surface area contributed by atoms with Crippen LogP contribution < -0.4 is 10.1 Å². The molecule has 0 unspecified atom stereocenters. The first-order valence-corrected chi connectivity index (χ1v) is 10.9. The quantitative estimate of drug-likeness (QED) is 0.505. The molecule has 0 aliphatic rings. The number of hydrogen-bond acceptors (Lipinski definition) is 6. The van der Waals surface area contributed by atoms with Crippen LogP contribution in [0.2, 0.25) is 0 Å². The van der Waals surface area contributed by atoms with Crippen molar-refractivity contribution in [3.63, 3.8) is 0 Å². The Morgan fingerprint density at radius 1 is 1.07 bits per heavy atom. The Hall–Kier alpha value is -3.65. The summed E-state index contributed by atoms with van der Waals surface area (Å²) in [4.78, 5) is 17.0. The van der Waals surface area contributed by atoms with Gasteiger partial charge in [-0.2, -0.15) is 0 Å². The predicted octanol–water partition coefficient (Wildman–Crippen LogP) is 4.58. The summed E-state index contributed by atoms with van der Waals surface area (Å²) in [6, 6.07) is 16.4. The van der Waals surface area contributed by atoms with Crippen LogP contribution in [0, 0.1) is 6.92 Å². The number of fused-ring (bicyclic) bond motifs is 1. The lowest BCUT2D eigenvalue weighted by Gasteiger charge is -2.10. The van der Waals surface area contributed by atoms with E-state index in [0.717, 1.165) is 6.26 Å². The number of anilines is 1.